The highest BCUT2D eigenvalue weighted by molar-refractivity contribution is 5.98. The van der Waals surface area contributed by atoms with Crippen LogP contribution in [0.3, 0.4) is 0 Å². The highest BCUT2D eigenvalue weighted by atomic mass is 19.4. The summed E-state index contributed by atoms with van der Waals surface area (Å²) in [5.74, 6) is -0.249. The van der Waals surface area contributed by atoms with Crippen LogP contribution in [0, 0.1) is 0 Å². The van der Waals surface area contributed by atoms with E-state index >= 15 is 0 Å². The minimum Gasteiger partial charge on any atom is -0.324 e. The maximum absolute atomic E-state index is 12.7. The molecule has 116 valence electrons. The molecule has 1 aromatic rings. The Morgan fingerprint density at radius 3 is 2.76 bits per heavy atom. The number of carbonyl (C=O) groups is 1. The van der Waals surface area contributed by atoms with E-state index in [-0.39, 0.29) is 11.6 Å². The molecule has 0 aromatic heterocycles. The standard InChI is InChI=1S/C15H19F3N2O/c1-2-7-14(8-4-9-19-14)13(21)20-12-6-3-5-11(10-12)15(16,17)18/h3,5-6,10,19H,2,4,7-9H2,1H3,(H,20,21). The van der Waals surface area contributed by atoms with Crippen LogP contribution in [0.2, 0.25) is 0 Å². The van der Waals surface area contributed by atoms with Crippen molar-refractivity contribution in [2.45, 2.75) is 44.3 Å². The molecule has 1 unspecified atom stereocenters. The third-order valence-electron chi connectivity index (χ3n) is 3.80. The van der Waals surface area contributed by atoms with Crippen molar-refractivity contribution in [1.29, 1.82) is 0 Å². The minimum atomic E-state index is -4.41. The van der Waals surface area contributed by atoms with E-state index in [1.165, 1.54) is 12.1 Å². The molecular weight excluding hydrogens is 281 g/mol. The first-order chi connectivity index (χ1) is 9.87. The van der Waals surface area contributed by atoms with Crippen molar-refractivity contribution in [1.82, 2.24) is 5.32 Å². The molecule has 21 heavy (non-hydrogen) atoms. The molecule has 0 bridgehead atoms. The summed E-state index contributed by atoms with van der Waals surface area (Å²) in [5, 5.41) is 5.82. The molecule has 1 aliphatic rings. The second kappa shape index (κ2) is 6.05. The van der Waals surface area contributed by atoms with E-state index in [0.29, 0.717) is 12.8 Å². The minimum absolute atomic E-state index is 0.180. The van der Waals surface area contributed by atoms with Gasteiger partial charge in [0.1, 0.15) is 0 Å². The lowest BCUT2D eigenvalue weighted by Crippen LogP contribution is -2.50. The average Bonchev–Trinajstić information content (AvgIpc) is 2.88. The van der Waals surface area contributed by atoms with Crippen molar-refractivity contribution in [3.63, 3.8) is 0 Å². The highest BCUT2D eigenvalue weighted by Gasteiger charge is 2.40. The Morgan fingerprint density at radius 1 is 1.43 bits per heavy atom. The van der Waals surface area contributed by atoms with Gasteiger partial charge in [0.2, 0.25) is 5.91 Å². The van der Waals surface area contributed by atoms with E-state index in [4.69, 9.17) is 0 Å². The number of nitrogens with one attached hydrogen (secondary N) is 2. The van der Waals surface area contributed by atoms with Gasteiger partial charge in [-0.15, -0.1) is 0 Å². The second-order valence-corrected chi connectivity index (χ2v) is 5.40. The quantitative estimate of drug-likeness (QED) is 0.892. The van der Waals surface area contributed by atoms with Gasteiger partial charge in [0.05, 0.1) is 11.1 Å². The van der Waals surface area contributed by atoms with Crippen molar-refractivity contribution in [3.8, 4) is 0 Å². The van der Waals surface area contributed by atoms with Gasteiger partial charge in [-0.2, -0.15) is 13.2 Å². The maximum Gasteiger partial charge on any atom is 0.416 e. The fourth-order valence-electron chi connectivity index (χ4n) is 2.78. The van der Waals surface area contributed by atoms with E-state index in [1.807, 2.05) is 6.92 Å². The van der Waals surface area contributed by atoms with Crippen molar-refractivity contribution in [2.24, 2.45) is 0 Å². The molecule has 3 nitrogen and oxygen atoms in total. The topological polar surface area (TPSA) is 41.1 Å². The first-order valence-corrected chi connectivity index (χ1v) is 7.11. The SMILES string of the molecule is CCCC1(C(=O)Nc2cccc(C(F)(F)F)c2)CCCN1. The van der Waals surface area contributed by atoms with Crippen molar-refractivity contribution >= 4 is 11.6 Å². The number of rotatable bonds is 4. The lowest BCUT2D eigenvalue weighted by molar-refractivity contribution is -0.137. The average molecular weight is 300 g/mol. The Kier molecular flexibility index (Phi) is 4.56. The molecule has 1 saturated heterocycles. The zero-order chi connectivity index (χ0) is 15.5. The monoisotopic (exact) mass is 300 g/mol. The fourth-order valence-corrected chi connectivity index (χ4v) is 2.78. The van der Waals surface area contributed by atoms with Gasteiger partial charge in [-0.25, -0.2) is 0 Å². The van der Waals surface area contributed by atoms with Crippen molar-refractivity contribution in [3.05, 3.63) is 29.8 Å². The van der Waals surface area contributed by atoms with Gasteiger partial charge in [0.25, 0.3) is 0 Å². The number of anilines is 1. The molecule has 1 fully saturated rings. The number of alkyl halides is 3. The van der Waals surface area contributed by atoms with E-state index in [2.05, 4.69) is 10.6 Å². The number of benzene rings is 1. The Hall–Kier alpha value is -1.56. The molecule has 1 heterocycles. The van der Waals surface area contributed by atoms with Gasteiger partial charge < -0.3 is 10.6 Å². The number of hydrogen-bond acceptors (Lipinski definition) is 2. The summed E-state index contributed by atoms with van der Waals surface area (Å²) in [4.78, 5) is 12.4. The number of hydrogen-bond donors (Lipinski definition) is 2. The molecule has 0 spiro atoms. The molecule has 1 atom stereocenters. The third kappa shape index (κ3) is 3.56. The predicted molar refractivity (Wildman–Crippen MR) is 74.9 cm³/mol. The summed E-state index contributed by atoms with van der Waals surface area (Å²) in [6, 6.07) is 4.73. The second-order valence-electron chi connectivity index (χ2n) is 5.40. The molecule has 1 amide bonds. The van der Waals surface area contributed by atoms with E-state index in [0.717, 1.165) is 31.5 Å². The molecule has 6 heteroatoms. The van der Waals surface area contributed by atoms with Crippen molar-refractivity contribution < 1.29 is 18.0 Å². The van der Waals surface area contributed by atoms with Crippen LogP contribution in [0.5, 0.6) is 0 Å². The van der Waals surface area contributed by atoms with Crippen LogP contribution in [0.15, 0.2) is 24.3 Å². The Morgan fingerprint density at radius 2 is 2.19 bits per heavy atom. The van der Waals surface area contributed by atoms with Gasteiger partial charge in [-0.3, -0.25) is 4.79 Å². The zero-order valence-corrected chi connectivity index (χ0v) is 11.9. The normalized spacial score (nSPS) is 22.3. The summed E-state index contributed by atoms with van der Waals surface area (Å²) in [6.07, 6.45) is -1.28. The lowest BCUT2D eigenvalue weighted by Gasteiger charge is -2.28. The smallest absolute Gasteiger partial charge is 0.324 e. The van der Waals surface area contributed by atoms with E-state index in [1.54, 1.807) is 0 Å². The first kappa shape index (κ1) is 15.8. The van der Waals surface area contributed by atoms with Crippen LogP contribution < -0.4 is 10.6 Å². The van der Waals surface area contributed by atoms with Crippen molar-refractivity contribution in [2.75, 3.05) is 11.9 Å². The van der Waals surface area contributed by atoms with Gasteiger partial charge >= 0.3 is 6.18 Å². The summed E-state index contributed by atoms with van der Waals surface area (Å²) in [6.45, 7) is 2.75. The molecular formula is C15H19F3N2O. The third-order valence-corrected chi connectivity index (χ3v) is 3.80. The molecule has 1 aromatic carbocycles. The van der Waals surface area contributed by atoms with Crippen LogP contribution >= 0.6 is 0 Å². The van der Waals surface area contributed by atoms with Crippen LogP contribution in [-0.4, -0.2) is 18.0 Å². The Balaban J connectivity index is 2.15. The van der Waals surface area contributed by atoms with Crippen LogP contribution in [0.4, 0.5) is 18.9 Å². The predicted octanol–water partition coefficient (Wildman–Crippen LogP) is 3.57. The number of carbonyl (C=O) groups excluding carboxylic acids is 1. The van der Waals surface area contributed by atoms with Gasteiger partial charge in [0, 0.05) is 5.69 Å². The molecule has 2 N–H and O–H groups in total. The summed E-state index contributed by atoms with van der Waals surface area (Å²) in [5.41, 5.74) is -1.23. The van der Waals surface area contributed by atoms with Gasteiger partial charge in [-0.05, 0) is 44.0 Å². The van der Waals surface area contributed by atoms with Crippen LogP contribution in [-0.2, 0) is 11.0 Å². The Labute approximate surface area is 121 Å². The van der Waals surface area contributed by atoms with Crippen LogP contribution in [0.1, 0.15) is 38.2 Å². The molecule has 0 radical (unpaired) electrons. The largest absolute Gasteiger partial charge is 0.416 e. The fraction of sp³-hybridized carbons (Fsp3) is 0.533. The lowest BCUT2D eigenvalue weighted by atomic mass is 9.90. The zero-order valence-electron chi connectivity index (χ0n) is 11.9. The van der Waals surface area contributed by atoms with Gasteiger partial charge in [0.15, 0.2) is 0 Å². The maximum atomic E-state index is 12.7. The summed E-state index contributed by atoms with van der Waals surface area (Å²) in [7, 11) is 0. The number of amides is 1. The molecule has 2 rings (SSSR count). The molecule has 1 aliphatic heterocycles. The molecule has 0 saturated carbocycles. The van der Waals surface area contributed by atoms with Gasteiger partial charge in [-0.1, -0.05) is 19.4 Å². The van der Waals surface area contributed by atoms with E-state index < -0.39 is 17.3 Å². The van der Waals surface area contributed by atoms with E-state index in [9.17, 15) is 18.0 Å². The number of halogens is 3. The van der Waals surface area contributed by atoms with Crippen LogP contribution in [0.25, 0.3) is 0 Å². The highest BCUT2D eigenvalue weighted by Crippen LogP contribution is 2.31. The summed E-state index contributed by atoms with van der Waals surface area (Å²) >= 11 is 0. The Bertz CT molecular complexity index is 508. The molecule has 0 aliphatic carbocycles. The summed E-state index contributed by atoms with van der Waals surface area (Å²) < 4.78 is 38.0. The first-order valence-electron chi connectivity index (χ1n) is 7.11.